The van der Waals surface area contributed by atoms with E-state index in [2.05, 4.69) is 28.9 Å². The predicted molar refractivity (Wildman–Crippen MR) is 79.0 cm³/mol. The van der Waals surface area contributed by atoms with Crippen LogP contribution in [0.5, 0.6) is 0 Å². The molecule has 94 valence electrons. The van der Waals surface area contributed by atoms with E-state index in [1.54, 1.807) is 6.07 Å². The molecule has 0 aromatic heterocycles. The van der Waals surface area contributed by atoms with Crippen molar-refractivity contribution < 1.29 is 5.11 Å². The first-order valence-electron chi connectivity index (χ1n) is 5.83. The summed E-state index contributed by atoms with van der Waals surface area (Å²) in [7, 11) is 0. The number of aliphatic hydroxyl groups is 1. The Hall–Kier alpha value is -0.830. The lowest BCUT2D eigenvalue weighted by Crippen LogP contribution is -2.01. The fraction of sp³-hybridized carbons (Fsp3) is 0.200. The minimum absolute atomic E-state index is 0.576. The van der Waals surface area contributed by atoms with Gasteiger partial charge < -0.3 is 5.11 Å². The second-order valence-corrected chi connectivity index (χ2v) is 5.49. The molecule has 0 aliphatic rings. The van der Waals surface area contributed by atoms with E-state index < -0.39 is 6.10 Å². The van der Waals surface area contributed by atoms with Crippen LogP contribution in [0.1, 0.15) is 29.7 Å². The summed E-state index contributed by atoms with van der Waals surface area (Å²) in [6.45, 7) is 2.09. The van der Waals surface area contributed by atoms with Crippen LogP contribution >= 0.6 is 27.5 Å². The van der Waals surface area contributed by atoms with Gasteiger partial charge in [0.1, 0.15) is 6.10 Å². The molecule has 0 aliphatic heterocycles. The second kappa shape index (κ2) is 5.87. The van der Waals surface area contributed by atoms with Crippen molar-refractivity contribution in [2.24, 2.45) is 0 Å². The highest BCUT2D eigenvalue weighted by Crippen LogP contribution is 2.31. The monoisotopic (exact) mass is 324 g/mol. The molecule has 0 saturated heterocycles. The number of aliphatic hydroxyl groups excluding tert-OH is 1. The lowest BCUT2D eigenvalue weighted by atomic mass is 9.99. The Morgan fingerprint density at radius 2 is 2.00 bits per heavy atom. The Morgan fingerprint density at radius 3 is 2.72 bits per heavy atom. The number of benzene rings is 2. The van der Waals surface area contributed by atoms with Crippen LogP contribution in [0.2, 0.25) is 5.02 Å². The number of hydrogen-bond acceptors (Lipinski definition) is 1. The van der Waals surface area contributed by atoms with Crippen molar-refractivity contribution in [3.8, 4) is 0 Å². The van der Waals surface area contributed by atoms with Crippen molar-refractivity contribution in [3.05, 3.63) is 68.7 Å². The van der Waals surface area contributed by atoms with Gasteiger partial charge in [0.25, 0.3) is 0 Å². The van der Waals surface area contributed by atoms with Crippen LogP contribution in [-0.4, -0.2) is 5.11 Å². The first-order chi connectivity index (χ1) is 8.61. The zero-order valence-corrected chi connectivity index (χ0v) is 12.4. The Kier molecular flexibility index (Phi) is 4.44. The van der Waals surface area contributed by atoms with E-state index in [0.29, 0.717) is 5.02 Å². The average molecular weight is 326 g/mol. The molecule has 0 spiro atoms. The molecule has 0 fully saturated rings. The average Bonchev–Trinajstić information content (AvgIpc) is 2.41. The summed E-state index contributed by atoms with van der Waals surface area (Å²) in [5.41, 5.74) is 2.80. The summed E-state index contributed by atoms with van der Waals surface area (Å²) >= 11 is 9.53. The van der Waals surface area contributed by atoms with Crippen molar-refractivity contribution in [2.45, 2.75) is 19.4 Å². The van der Waals surface area contributed by atoms with E-state index in [0.717, 1.165) is 22.0 Å². The van der Waals surface area contributed by atoms with Crippen LogP contribution in [0.25, 0.3) is 0 Å². The van der Waals surface area contributed by atoms with E-state index in [1.807, 2.05) is 30.3 Å². The molecular formula is C15H14BrClO. The predicted octanol–water partition coefficient (Wildman–Crippen LogP) is 4.75. The molecule has 0 bridgehead atoms. The van der Waals surface area contributed by atoms with Crippen LogP contribution < -0.4 is 0 Å². The maximum Gasteiger partial charge on any atom is 0.106 e. The summed E-state index contributed by atoms with van der Waals surface area (Å²) in [5, 5.41) is 11.0. The van der Waals surface area contributed by atoms with Gasteiger partial charge in [-0.3, -0.25) is 0 Å². The molecule has 3 heteroatoms. The standard InChI is InChI=1S/C15H14BrClO/c1-2-10-4-3-5-11(8-10)15(18)13-9-12(16)6-7-14(13)17/h3-9,15,18H,2H2,1H3. The van der Waals surface area contributed by atoms with E-state index >= 15 is 0 Å². The smallest absolute Gasteiger partial charge is 0.106 e. The first-order valence-corrected chi connectivity index (χ1v) is 7.00. The Morgan fingerprint density at radius 1 is 1.22 bits per heavy atom. The van der Waals surface area contributed by atoms with Crippen LogP contribution in [0.15, 0.2) is 46.9 Å². The third-order valence-corrected chi connectivity index (χ3v) is 3.77. The number of aryl methyl sites for hydroxylation is 1. The lowest BCUT2D eigenvalue weighted by molar-refractivity contribution is 0.220. The molecule has 1 nitrogen and oxygen atoms in total. The molecule has 0 radical (unpaired) electrons. The van der Waals surface area contributed by atoms with Gasteiger partial charge in [-0.15, -0.1) is 0 Å². The Balaban J connectivity index is 2.40. The van der Waals surface area contributed by atoms with Crippen LogP contribution in [0.3, 0.4) is 0 Å². The van der Waals surface area contributed by atoms with Gasteiger partial charge in [0.15, 0.2) is 0 Å². The minimum Gasteiger partial charge on any atom is -0.384 e. The highest BCUT2D eigenvalue weighted by molar-refractivity contribution is 9.10. The van der Waals surface area contributed by atoms with Gasteiger partial charge >= 0.3 is 0 Å². The largest absolute Gasteiger partial charge is 0.384 e. The van der Waals surface area contributed by atoms with Crippen molar-refractivity contribution in [2.75, 3.05) is 0 Å². The molecule has 1 unspecified atom stereocenters. The van der Waals surface area contributed by atoms with E-state index in [1.165, 1.54) is 5.56 Å². The van der Waals surface area contributed by atoms with Crippen molar-refractivity contribution in [3.63, 3.8) is 0 Å². The molecule has 2 aromatic carbocycles. The third kappa shape index (κ3) is 2.94. The van der Waals surface area contributed by atoms with E-state index in [9.17, 15) is 5.11 Å². The van der Waals surface area contributed by atoms with Gasteiger partial charge in [-0.2, -0.15) is 0 Å². The number of hydrogen-bond donors (Lipinski definition) is 1. The van der Waals surface area contributed by atoms with Gasteiger partial charge in [-0.1, -0.05) is 58.7 Å². The van der Waals surface area contributed by atoms with Crippen LogP contribution in [0.4, 0.5) is 0 Å². The fourth-order valence-corrected chi connectivity index (χ4v) is 2.49. The van der Waals surface area contributed by atoms with Gasteiger partial charge in [0.2, 0.25) is 0 Å². The van der Waals surface area contributed by atoms with Crippen molar-refractivity contribution in [1.29, 1.82) is 0 Å². The van der Waals surface area contributed by atoms with E-state index in [4.69, 9.17) is 11.6 Å². The molecule has 0 saturated carbocycles. The third-order valence-electron chi connectivity index (χ3n) is 2.93. The highest BCUT2D eigenvalue weighted by atomic mass is 79.9. The van der Waals surface area contributed by atoms with Gasteiger partial charge in [0, 0.05) is 15.1 Å². The normalized spacial score (nSPS) is 12.4. The molecule has 0 heterocycles. The minimum atomic E-state index is -0.693. The SMILES string of the molecule is CCc1cccc(C(O)c2cc(Br)ccc2Cl)c1. The maximum atomic E-state index is 10.4. The molecule has 0 amide bonds. The van der Waals surface area contributed by atoms with E-state index in [-0.39, 0.29) is 0 Å². The maximum absolute atomic E-state index is 10.4. The topological polar surface area (TPSA) is 20.2 Å². The summed E-state index contributed by atoms with van der Waals surface area (Å²) in [6.07, 6.45) is 0.258. The fourth-order valence-electron chi connectivity index (χ4n) is 1.89. The van der Waals surface area contributed by atoms with Crippen LogP contribution in [-0.2, 0) is 6.42 Å². The summed E-state index contributed by atoms with van der Waals surface area (Å²) in [4.78, 5) is 0. The molecule has 18 heavy (non-hydrogen) atoms. The first kappa shape index (κ1) is 13.6. The molecule has 1 atom stereocenters. The van der Waals surface area contributed by atoms with Gasteiger partial charge in [-0.05, 0) is 35.7 Å². The zero-order chi connectivity index (χ0) is 13.1. The number of halogens is 2. The van der Waals surface area contributed by atoms with Gasteiger partial charge in [0.05, 0.1) is 0 Å². The summed E-state index contributed by atoms with van der Waals surface area (Å²) in [5.74, 6) is 0. The highest BCUT2D eigenvalue weighted by Gasteiger charge is 2.14. The van der Waals surface area contributed by atoms with Gasteiger partial charge in [-0.25, -0.2) is 0 Å². The summed E-state index contributed by atoms with van der Waals surface area (Å²) in [6, 6.07) is 13.4. The van der Waals surface area contributed by atoms with Crippen molar-refractivity contribution >= 4 is 27.5 Å². The molecular weight excluding hydrogens is 312 g/mol. The number of rotatable bonds is 3. The molecule has 0 aliphatic carbocycles. The lowest BCUT2D eigenvalue weighted by Gasteiger charge is -2.14. The molecule has 1 N–H and O–H groups in total. The quantitative estimate of drug-likeness (QED) is 0.863. The second-order valence-electron chi connectivity index (χ2n) is 4.17. The zero-order valence-electron chi connectivity index (χ0n) is 10.0. The summed E-state index contributed by atoms with van der Waals surface area (Å²) < 4.78 is 0.910. The Labute approximate surface area is 121 Å². The molecule has 2 aromatic rings. The Bertz CT molecular complexity index is 554. The van der Waals surface area contributed by atoms with Crippen molar-refractivity contribution in [1.82, 2.24) is 0 Å². The molecule has 2 rings (SSSR count). The van der Waals surface area contributed by atoms with Crippen LogP contribution in [0, 0.1) is 0 Å².